The van der Waals surface area contributed by atoms with E-state index in [2.05, 4.69) is 0 Å². The van der Waals surface area contributed by atoms with Crippen LogP contribution in [0.1, 0.15) is 42.1 Å². The van der Waals surface area contributed by atoms with Crippen molar-refractivity contribution in [2.75, 3.05) is 5.75 Å². The van der Waals surface area contributed by atoms with Gasteiger partial charge in [-0.05, 0) is 11.6 Å². The highest BCUT2D eigenvalue weighted by Crippen LogP contribution is 2.49. The monoisotopic (exact) mass is 275 g/mol. The molecule has 0 unspecified atom stereocenters. The number of carbonyl (C=O) groups is 2. The standard InChI is InChI=1S/C15H17NO2S/c1-15(2,3)12(17)11-8-19-14-10-7-5-4-6-9(10)13(18)16(11)14/h4-7,11,14H,8H2,1-3H3/t11-,14-/m0/s1. The molecule has 3 nitrogen and oxygen atoms in total. The second kappa shape index (κ2) is 4.10. The van der Waals surface area contributed by atoms with Crippen molar-refractivity contribution in [3.05, 3.63) is 35.4 Å². The predicted molar refractivity (Wildman–Crippen MR) is 76.1 cm³/mol. The Balaban J connectivity index is 1.98. The zero-order chi connectivity index (χ0) is 13.8. The summed E-state index contributed by atoms with van der Waals surface area (Å²) in [6.45, 7) is 5.75. The maximum Gasteiger partial charge on any atom is 0.256 e. The first-order valence-corrected chi connectivity index (χ1v) is 7.53. The molecule has 4 heteroatoms. The van der Waals surface area contributed by atoms with Crippen molar-refractivity contribution in [1.82, 2.24) is 4.90 Å². The van der Waals surface area contributed by atoms with Gasteiger partial charge in [0.25, 0.3) is 5.91 Å². The molecule has 0 aliphatic carbocycles. The molecule has 1 fully saturated rings. The van der Waals surface area contributed by atoms with E-state index < -0.39 is 5.41 Å². The summed E-state index contributed by atoms with van der Waals surface area (Å²) in [6, 6.07) is 7.40. The smallest absolute Gasteiger partial charge is 0.256 e. The highest BCUT2D eigenvalue weighted by molar-refractivity contribution is 7.99. The van der Waals surface area contributed by atoms with E-state index >= 15 is 0 Å². The van der Waals surface area contributed by atoms with Crippen LogP contribution in [-0.4, -0.2) is 28.4 Å². The van der Waals surface area contributed by atoms with Crippen molar-refractivity contribution in [3.63, 3.8) is 0 Å². The molecular weight excluding hydrogens is 258 g/mol. The third kappa shape index (κ3) is 1.81. The SMILES string of the molecule is CC(C)(C)C(=O)[C@@H]1CS[C@H]2c3ccccc3C(=O)N12. The lowest BCUT2D eigenvalue weighted by Crippen LogP contribution is -2.44. The second-order valence-corrected chi connectivity index (χ2v) is 7.23. The van der Waals surface area contributed by atoms with Gasteiger partial charge in [0.05, 0.1) is 0 Å². The summed E-state index contributed by atoms with van der Waals surface area (Å²) in [5.41, 5.74) is 1.41. The molecule has 1 amide bonds. The van der Waals surface area contributed by atoms with Crippen LogP contribution in [0.3, 0.4) is 0 Å². The third-order valence-corrected chi connectivity index (χ3v) is 5.04. The van der Waals surface area contributed by atoms with Crippen molar-refractivity contribution in [2.24, 2.45) is 5.41 Å². The lowest BCUT2D eigenvalue weighted by Gasteiger charge is -2.28. The predicted octanol–water partition coefficient (Wildman–Crippen LogP) is 2.87. The fraction of sp³-hybridized carbons (Fsp3) is 0.467. The van der Waals surface area contributed by atoms with Crippen LogP contribution in [0.15, 0.2) is 24.3 Å². The van der Waals surface area contributed by atoms with E-state index in [9.17, 15) is 9.59 Å². The van der Waals surface area contributed by atoms with Crippen LogP contribution in [0.4, 0.5) is 0 Å². The van der Waals surface area contributed by atoms with E-state index in [1.165, 1.54) is 0 Å². The first-order chi connectivity index (χ1) is 8.91. The topological polar surface area (TPSA) is 37.4 Å². The van der Waals surface area contributed by atoms with Crippen LogP contribution >= 0.6 is 11.8 Å². The van der Waals surface area contributed by atoms with Crippen molar-refractivity contribution in [2.45, 2.75) is 32.2 Å². The molecule has 3 rings (SSSR count). The zero-order valence-corrected chi connectivity index (χ0v) is 12.2. The first kappa shape index (κ1) is 12.7. The molecule has 100 valence electrons. The number of fused-ring (bicyclic) bond motifs is 3. The zero-order valence-electron chi connectivity index (χ0n) is 11.3. The fourth-order valence-corrected chi connectivity index (χ4v) is 4.21. The van der Waals surface area contributed by atoms with Crippen LogP contribution in [0, 0.1) is 5.41 Å². The molecule has 0 spiro atoms. The van der Waals surface area contributed by atoms with Crippen molar-refractivity contribution < 1.29 is 9.59 Å². The quantitative estimate of drug-likeness (QED) is 0.791. The Kier molecular flexibility index (Phi) is 2.75. The Bertz CT molecular complexity index is 562. The lowest BCUT2D eigenvalue weighted by atomic mass is 9.86. The Morgan fingerprint density at radius 2 is 2.00 bits per heavy atom. The van der Waals surface area contributed by atoms with Gasteiger partial charge >= 0.3 is 0 Å². The minimum atomic E-state index is -0.408. The number of thioether (sulfide) groups is 1. The third-order valence-electron chi connectivity index (χ3n) is 3.73. The molecule has 1 aromatic carbocycles. The molecule has 1 saturated heterocycles. The maximum absolute atomic E-state index is 12.5. The van der Waals surface area contributed by atoms with Gasteiger partial charge in [0.15, 0.2) is 5.78 Å². The normalized spacial score (nSPS) is 25.4. The van der Waals surface area contributed by atoms with Gasteiger partial charge in [0.1, 0.15) is 11.4 Å². The molecule has 19 heavy (non-hydrogen) atoms. The lowest BCUT2D eigenvalue weighted by molar-refractivity contribution is -0.130. The Hall–Kier alpha value is -1.29. The Labute approximate surface area is 117 Å². The van der Waals surface area contributed by atoms with Crippen LogP contribution in [0.25, 0.3) is 0 Å². The van der Waals surface area contributed by atoms with Gasteiger partial charge in [0.2, 0.25) is 0 Å². The minimum absolute atomic E-state index is 0.00759. The van der Waals surface area contributed by atoms with Gasteiger partial charge in [-0.25, -0.2) is 0 Å². The van der Waals surface area contributed by atoms with E-state index in [0.717, 1.165) is 11.1 Å². The molecule has 2 atom stereocenters. The molecule has 2 aliphatic rings. The molecule has 0 aromatic heterocycles. The number of ketones is 1. The molecule has 0 bridgehead atoms. The largest absolute Gasteiger partial charge is 0.312 e. The number of hydrogen-bond acceptors (Lipinski definition) is 3. The van der Waals surface area contributed by atoms with E-state index in [0.29, 0.717) is 5.75 Å². The van der Waals surface area contributed by atoms with E-state index in [1.807, 2.05) is 45.0 Å². The number of carbonyl (C=O) groups excluding carboxylic acids is 2. The van der Waals surface area contributed by atoms with Crippen molar-refractivity contribution in [3.8, 4) is 0 Å². The summed E-state index contributed by atoms with van der Waals surface area (Å²) in [6.07, 6.45) is 0. The summed E-state index contributed by atoms with van der Waals surface area (Å²) >= 11 is 1.70. The van der Waals surface area contributed by atoms with Gasteiger partial charge in [-0.1, -0.05) is 39.0 Å². The minimum Gasteiger partial charge on any atom is -0.312 e. The average molecular weight is 275 g/mol. The number of rotatable bonds is 1. The van der Waals surface area contributed by atoms with E-state index in [4.69, 9.17) is 0 Å². The molecule has 0 saturated carbocycles. The molecular formula is C15H17NO2S. The maximum atomic E-state index is 12.5. The number of nitrogens with zero attached hydrogens (tertiary/aromatic N) is 1. The van der Waals surface area contributed by atoms with Crippen LogP contribution in [-0.2, 0) is 4.79 Å². The highest BCUT2D eigenvalue weighted by atomic mass is 32.2. The molecule has 0 N–H and O–H groups in total. The fourth-order valence-electron chi connectivity index (χ4n) is 2.74. The molecule has 0 radical (unpaired) electrons. The molecule has 2 heterocycles. The summed E-state index contributed by atoms with van der Waals surface area (Å²) in [4.78, 5) is 26.8. The number of hydrogen-bond donors (Lipinski definition) is 0. The van der Waals surface area contributed by atoms with Gasteiger partial charge < -0.3 is 4.90 Å². The van der Waals surface area contributed by atoms with Gasteiger partial charge in [-0.15, -0.1) is 11.8 Å². The summed E-state index contributed by atoms with van der Waals surface area (Å²) in [7, 11) is 0. The summed E-state index contributed by atoms with van der Waals surface area (Å²) in [5.74, 6) is 0.873. The second-order valence-electron chi connectivity index (χ2n) is 6.12. The van der Waals surface area contributed by atoms with Gasteiger partial charge in [-0.3, -0.25) is 9.59 Å². The van der Waals surface area contributed by atoms with Crippen LogP contribution < -0.4 is 0 Å². The Morgan fingerprint density at radius 1 is 1.32 bits per heavy atom. The van der Waals surface area contributed by atoms with Crippen molar-refractivity contribution >= 4 is 23.5 Å². The molecule has 1 aromatic rings. The highest BCUT2D eigenvalue weighted by Gasteiger charge is 2.49. The van der Waals surface area contributed by atoms with Crippen LogP contribution in [0.2, 0.25) is 0 Å². The van der Waals surface area contributed by atoms with Gasteiger partial charge in [0, 0.05) is 16.7 Å². The number of Topliss-reactive ketones (excluding diaryl/α,β-unsaturated/α-hetero) is 1. The summed E-state index contributed by atoms with van der Waals surface area (Å²) < 4.78 is 0. The van der Waals surface area contributed by atoms with E-state index in [-0.39, 0.29) is 23.1 Å². The Morgan fingerprint density at radius 3 is 2.68 bits per heavy atom. The van der Waals surface area contributed by atoms with Gasteiger partial charge in [-0.2, -0.15) is 0 Å². The number of benzene rings is 1. The van der Waals surface area contributed by atoms with E-state index in [1.54, 1.807) is 16.7 Å². The van der Waals surface area contributed by atoms with Crippen molar-refractivity contribution in [1.29, 1.82) is 0 Å². The number of amides is 1. The summed E-state index contributed by atoms with van der Waals surface area (Å²) in [5, 5.41) is 0.0278. The average Bonchev–Trinajstić information content (AvgIpc) is 2.89. The van der Waals surface area contributed by atoms with Crippen LogP contribution in [0.5, 0.6) is 0 Å². The molecule has 2 aliphatic heterocycles. The first-order valence-electron chi connectivity index (χ1n) is 6.49.